The van der Waals surface area contributed by atoms with Crippen molar-refractivity contribution in [2.24, 2.45) is 4.99 Å². The number of rotatable bonds is 7. The van der Waals surface area contributed by atoms with Gasteiger partial charge in [-0.2, -0.15) is 0 Å². The molecule has 0 aliphatic rings. The Morgan fingerprint density at radius 2 is 2.06 bits per heavy atom. The van der Waals surface area contributed by atoms with E-state index in [4.69, 9.17) is 0 Å². The van der Waals surface area contributed by atoms with Crippen molar-refractivity contribution < 1.29 is 10.0 Å². The average molecular weight is 265 g/mol. The van der Waals surface area contributed by atoms with E-state index < -0.39 is 6.10 Å². The molecule has 4 heteroatoms. The third kappa shape index (κ3) is 4.67. The summed E-state index contributed by atoms with van der Waals surface area (Å²) < 4.78 is 0. The van der Waals surface area contributed by atoms with Crippen LogP contribution in [0.3, 0.4) is 0 Å². The number of aliphatic hydroxyl groups excluding tert-OH is 1. The molecule has 0 heterocycles. The molecule has 3 nitrogen and oxygen atoms in total. The van der Waals surface area contributed by atoms with Crippen molar-refractivity contribution in [3.63, 3.8) is 0 Å². The molecule has 18 heavy (non-hydrogen) atoms. The lowest BCUT2D eigenvalue weighted by Gasteiger charge is -2.26. The summed E-state index contributed by atoms with van der Waals surface area (Å²) in [6, 6.07) is 9.95. The van der Waals surface area contributed by atoms with Gasteiger partial charge in [0.2, 0.25) is 0 Å². The van der Waals surface area contributed by atoms with Crippen molar-refractivity contribution in [2.75, 3.05) is 20.1 Å². The zero-order valence-corrected chi connectivity index (χ0v) is 11.8. The molecule has 0 saturated carbocycles. The third-order valence-corrected chi connectivity index (χ3v) is 3.43. The Kier molecular flexibility index (Phi) is 6.76. The minimum absolute atomic E-state index is 0.156. The topological polar surface area (TPSA) is 37.0 Å². The second kappa shape index (κ2) is 8.11. The second-order valence-electron chi connectivity index (χ2n) is 4.57. The molecule has 2 N–H and O–H groups in total. The van der Waals surface area contributed by atoms with Crippen LogP contribution in [-0.4, -0.2) is 36.4 Å². The summed E-state index contributed by atoms with van der Waals surface area (Å²) in [5.74, 6) is 0. The SMILES string of the molecule is C[C@@H]([C@@H](O)c1ccccc1)[NH+](C)CCCN=C=S. The van der Waals surface area contributed by atoms with Gasteiger partial charge in [0.15, 0.2) is 0 Å². The van der Waals surface area contributed by atoms with Gasteiger partial charge in [-0.05, 0) is 24.7 Å². The van der Waals surface area contributed by atoms with Gasteiger partial charge in [-0.25, -0.2) is 4.99 Å². The maximum absolute atomic E-state index is 10.3. The molecule has 0 bridgehead atoms. The Morgan fingerprint density at radius 1 is 1.39 bits per heavy atom. The quantitative estimate of drug-likeness (QED) is 0.440. The summed E-state index contributed by atoms with van der Waals surface area (Å²) in [6.45, 7) is 3.75. The lowest BCUT2D eigenvalue weighted by Crippen LogP contribution is -3.13. The van der Waals surface area contributed by atoms with E-state index in [1.807, 2.05) is 30.3 Å². The van der Waals surface area contributed by atoms with E-state index in [0.717, 1.165) is 25.1 Å². The monoisotopic (exact) mass is 265 g/mol. The molecule has 0 saturated heterocycles. The Labute approximate surface area is 114 Å². The number of nitrogens with zero attached hydrogens (tertiary/aromatic N) is 1. The molecule has 1 rings (SSSR count). The van der Waals surface area contributed by atoms with Crippen LogP contribution in [0.4, 0.5) is 0 Å². The van der Waals surface area contributed by atoms with Crippen molar-refractivity contribution in [2.45, 2.75) is 25.5 Å². The van der Waals surface area contributed by atoms with Crippen molar-refractivity contribution in [1.82, 2.24) is 0 Å². The number of nitrogens with one attached hydrogen (secondary N) is 1. The first-order valence-electron chi connectivity index (χ1n) is 6.25. The smallest absolute Gasteiger partial charge is 0.130 e. The molecule has 1 unspecified atom stereocenters. The number of aliphatic hydroxyl groups is 1. The Balaban J connectivity index is 2.47. The predicted molar refractivity (Wildman–Crippen MR) is 77.1 cm³/mol. The summed E-state index contributed by atoms with van der Waals surface area (Å²) in [5.41, 5.74) is 0.973. The molecule has 0 aliphatic carbocycles. The largest absolute Gasteiger partial charge is 0.382 e. The molecule has 1 aromatic rings. The molecular weight excluding hydrogens is 244 g/mol. The fourth-order valence-electron chi connectivity index (χ4n) is 1.92. The average Bonchev–Trinajstić information content (AvgIpc) is 2.42. The van der Waals surface area contributed by atoms with E-state index in [2.05, 4.69) is 36.3 Å². The van der Waals surface area contributed by atoms with Crippen LogP contribution in [-0.2, 0) is 0 Å². The van der Waals surface area contributed by atoms with Gasteiger partial charge in [0.1, 0.15) is 12.1 Å². The summed E-state index contributed by atoms with van der Waals surface area (Å²) >= 11 is 4.52. The van der Waals surface area contributed by atoms with Crippen LogP contribution >= 0.6 is 12.2 Å². The molecule has 0 fully saturated rings. The molecule has 0 radical (unpaired) electrons. The zero-order valence-electron chi connectivity index (χ0n) is 11.0. The lowest BCUT2D eigenvalue weighted by molar-refractivity contribution is -0.908. The fourth-order valence-corrected chi connectivity index (χ4v) is 2.01. The van der Waals surface area contributed by atoms with Gasteiger partial charge in [-0.1, -0.05) is 30.3 Å². The van der Waals surface area contributed by atoms with E-state index in [1.54, 1.807) is 0 Å². The van der Waals surface area contributed by atoms with Crippen LogP contribution in [0, 0.1) is 0 Å². The molecule has 1 aromatic carbocycles. The first kappa shape index (κ1) is 15.0. The zero-order chi connectivity index (χ0) is 13.4. The van der Waals surface area contributed by atoms with Crippen molar-refractivity contribution in [3.05, 3.63) is 35.9 Å². The lowest BCUT2D eigenvalue weighted by atomic mass is 10.0. The highest BCUT2D eigenvalue weighted by atomic mass is 32.1. The van der Waals surface area contributed by atoms with Gasteiger partial charge in [0, 0.05) is 6.42 Å². The Morgan fingerprint density at radius 3 is 2.67 bits per heavy atom. The van der Waals surface area contributed by atoms with Crippen LogP contribution in [0.15, 0.2) is 35.3 Å². The minimum Gasteiger partial charge on any atom is -0.382 e. The maximum Gasteiger partial charge on any atom is 0.130 e. The number of benzene rings is 1. The van der Waals surface area contributed by atoms with Crippen LogP contribution < -0.4 is 4.90 Å². The molecule has 98 valence electrons. The maximum atomic E-state index is 10.3. The summed E-state index contributed by atoms with van der Waals surface area (Å²) in [6.07, 6.45) is 0.529. The third-order valence-electron chi connectivity index (χ3n) is 3.30. The number of quaternary nitrogens is 1. The van der Waals surface area contributed by atoms with E-state index in [1.165, 1.54) is 4.90 Å². The first-order chi connectivity index (χ1) is 8.66. The highest BCUT2D eigenvalue weighted by Gasteiger charge is 2.23. The van der Waals surface area contributed by atoms with Gasteiger partial charge >= 0.3 is 0 Å². The summed E-state index contributed by atoms with van der Waals surface area (Å²) in [4.78, 5) is 5.19. The number of isothiocyanates is 1. The predicted octanol–water partition coefficient (Wildman–Crippen LogP) is 1.12. The van der Waals surface area contributed by atoms with Crippen LogP contribution in [0.2, 0.25) is 0 Å². The minimum atomic E-state index is -0.430. The van der Waals surface area contributed by atoms with Gasteiger partial charge < -0.3 is 10.0 Å². The van der Waals surface area contributed by atoms with Gasteiger partial charge in [-0.15, -0.1) is 0 Å². The van der Waals surface area contributed by atoms with E-state index >= 15 is 0 Å². The van der Waals surface area contributed by atoms with Crippen LogP contribution in [0.1, 0.15) is 25.0 Å². The Hall–Kier alpha value is -1.06. The van der Waals surface area contributed by atoms with Crippen molar-refractivity contribution >= 4 is 17.4 Å². The van der Waals surface area contributed by atoms with Gasteiger partial charge in [0.25, 0.3) is 0 Å². The molecule has 0 aliphatic heterocycles. The number of thiocarbonyl (C=S) groups is 1. The summed E-state index contributed by atoms with van der Waals surface area (Å²) in [7, 11) is 2.10. The van der Waals surface area contributed by atoms with E-state index in [-0.39, 0.29) is 6.04 Å². The number of hydrogen-bond acceptors (Lipinski definition) is 3. The molecule has 0 amide bonds. The van der Waals surface area contributed by atoms with Crippen molar-refractivity contribution in [1.29, 1.82) is 0 Å². The first-order valence-corrected chi connectivity index (χ1v) is 6.66. The van der Waals surface area contributed by atoms with Crippen LogP contribution in [0.25, 0.3) is 0 Å². The standard InChI is InChI=1S/C14H20N2OS/c1-12(16(2)10-6-9-15-11-18)14(17)13-7-4-3-5-8-13/h3-5,7-8,12,14,17H,6,9-10H2,1-2H3/p+1/t12-,14+/m0/s1. The number of likely N-dealkylation sites (N-methyl/N-ethyl adjacent to an activating group) is 1. The highest BCUT2D eigenvalue weighted by molar-refractivity contribution is 7.78. The molecular formula is C14H21N2OS+. The second-order valence-corrected chi connectivity index (χ2v) is 4.75. The fraction of sp³-hybridized carbons (Fsp3) is 0.500. The molecule has 0 aromatic heterocycles. The van der Waals surface area contributed by atoms with E-state index in [9.17, 15) is 5.11 Å². The highest BCUT2D eigenvalue weighted by Crippen LogP contribution is 2.14. The normalized spacial score (nSPS) is 15.5. The number of aliphatic imine (C=N–C) groups is 1. The van der Waals surface area contributed by atoms with Crippen LogP contribution in [0.5, 0.6) is 0 Å². The number of hydrogen-bond donors (Lipinski definition) is 2. The molecule has 0 spiro atoms. The van der Waals surface area contributed by atoms with Gasteiger partial charge in [-0.3, -0.25) is 0 Å². The van der Waals surface area contributed by atoms with Crippen molar-refractivity contribution in [3.8, 4) is 0 Å². The van der Waals surface area contributed by atoms with E-state index in [0.29, 0.717) is 0 Å². The van der Waals surface area contributed by atoms with Gasteiger partial charge in [0.05, 0.1) is 25.3 Å². The summed E-state index contributed by atoms with van der Waals surface area (Å²) in [5, 5.41) is 12.7. The molecule has 3 atom stereocenters. The Bertz CT molecular complexity index is 390.